The van der Waals surface area contributed by atoms with Crippen molar-refractivity contribution in [2.24, 2.45) is 11.8 Å². The highest BCUT2D eigenvalue weighted by molar-refractivity contribution is 7.80. The fourth-order valence-corrected chi connectivity index (χ4v) is 6.71. The maximum absolute atomic E-state index is 13.2. The van der Waals surface area contributed by atoms with E-state index in [1.54, 1.807) is 61.7 Å². The predicted molar refractivity (Wildman–Crippen MR) is 185 cm³/mol. The van der Waals surface area contributed by atoms with Crippen LogP contribution in [0.15, 0.2) is 66.7 Å². The van der Waals surface area contributed by atoms with Gasteiger partial charge in [-0.15, -0.1) is 0 Å². The number of hydrogen-bond acceptors (Lipinski definition) is 6. The normalized spacial score (nSPS) is 15.6. The zero-order valence-electron chi connectivity index (χ0n) is 27.2. The second-order valence-electron chi connectivity index (χ2n) is 12.3. The summed E-state index contributed by atoms with van der Waals surface area (Å²) in [6.07, 6.45) is 7.98. The molecule has 0 bridgehead atoms. The zero-order valence-corrected chi connectivity index (χ0v) is 28.0. The molecule has 0 radical (unpaired) electrons. The molecule has 2 saturated heterocycles. The molecule has 2 fully saturated rings. The second kappa shape index (κ2) is 16.6. The molecular weight excluding hydrogens is 617 g/mol. The minimum atomic E-state index is -0.255. The summed E-state index contributed by atoms with van der Waals surface area (Å²) in [5.41, 5.74) is 1.76. The van der Waals surface area contributed by atoms with Crippen LogP contribution in [0, 0.1) is 17.7 Å². The first kappa shape index (κ1) is 34.2. The van der Waals surface area contributed by atoms with Gasteiger partial charge in [-0.1, -0.05) is 19.3 Å². The molecule has 3 aromatic rings. The number of halogens is 1. The van der Waals surface area contributed by atoms with Gasteiger partial charge in [0.1, 0.15) is 23.1 Å². The van der Waals surface area contributed by atoms with Crippen molar-refractivity contribution in [1.29, 1.82) is 0 Å². The van der Waals surface area contributed by atoms with Crippen LogP contribution in [0.1, 0.15) is 60.9 Å². The summed E-state index contributed by atoms with van der Waals surface area (Å²) in [4.78, 5) is 30.0. The van der Waals surface area contributed by atoms with Gasteiger partial charge in [-0.2, -0.15) is 0 Å². The van der Waals surface area contributed by atoms with Crippen LogP contribution < -0.4 is 19.5 Å². The Morgan fingerprint density at radius 1 is 0.809 bits per heavy atom. The molecule has 47 heavy (non-hydrogen) atoms. The molecule has 250 valence electrons. The standard InChI is InChI=1S/C37H44FN3O5S/c1-44-32-14-15-33(34(24-32)45-2)36(43)28-6-12-31(13-7-28)46-25-35(42)40-20-16-26(17-21-40)4-3-5-27-18-22-41(23-19-27)37(47)39-30-10-8-29(38)9-11-30/h6-15,24,26-27H,3-5,16-23,25H2,1-2H3,(H,39,47). The molecule has 2 aliphatic heterocycles. The molecule has 0 spiro atoms. The molecule has 0 saturated carbocycles. The van der Waals surface area contributed by atoms with Gasteiger partial charge in [0.05, 0.1) is 19.8 Å². The highest BCUT2D eigenvalue weighted by atomic mass is 32.1. The van der Waals surface area contributed by atoms with Gasteiger partial charge < -0.3 is 29.3 Å². The van der Waals surface area contributed by atoms with Crippen molar-refractivity contribution in [2.75, 3.05) is 52.3 Å². The second-order valence-corrected chi connectivity index (χ2v) is 12.7. The third-order valence-electron chi connectivity index (χ3n) is 9.32. The Bertz CT molecular complexity index is 1500. The first-order valence-electron chi connectivity index (χ1n) is 16.4. The lowest BCUT2D eigenvalue weighted by Gasteiger charge is -2.34. The molecule has 2 heterocycles. The number of amides is 1. The number of methoxy groups -OCH3 is 2. The predicted octanol–water partition coefficient (Wildman–Crippen LogP) is 6.97. The fraction of sp³-hybridized carbons (Fsp3) is 0.432. The highest BCUT2D eigenvalue weighted by Gasteiger charge is 2.25. The van der Waals surface area contributed by atoms with E-state index in [4.69, 9.17) is 26.4 Å². The summed E-state index contributed by atoms with van der Waals surface area (Å²) < 4.78 is 29.5. The number of carbonyl (C=O) groups is 2. The van der Waals surface area contributed by atoms with Crippen molar-refractivity contribution in [3.63, 3.8) is 0 Å². The van der Waals surface area contributed by atoms with Crippen molar-refractivity contribution in [1.82, 2.24) is 9.80 Å². The summed E-state index contributed by atoms with van der Waals surface area (Å²) in [6.45, 7) is 3.40. The Morgan fingerprint density at radius 2 is 1.40 bits per heavy atom. The maximum atomic E-state index is 13.2. The zero-order chi connectivity index (χ0) is 33.2. The monoisotopic (exact) mass is 661 g/mol. The Labute approximate surface area is 282 Å². The number of thiocarbonyl (C=S) groups is 1. The minimum absolute atomic E-state index is 0.00911. The SMILES string of the molecule is COc1ccc(C(=O)c2ccc(OCC(=O)N3CCC(CCCC4CCN(C(=S)Nc5ccc(F)cc5)CC4)CC3)cc2)c(OC)c1. The number of hydrogen-bond donors (Lipinski definition) is 1. The molecule has 3 aromatic carbocycles. The number of ketones is 1. The lowest BCUT2D eigenvalue weighted by atomic mass is 9.87. The van der Waals surface area contributed by atoms with Crippen molar-refractivity contribution in [3.05, 3.63) is 83.7 Å². The van der Waals surface area contributed by atoms with E-state index < -0.39 is 0 Å². The Morgan fingerprint density at radius 3 is 2.00 bits per heavy atom. The number of rotatable bonds is 12. The molecule has 8 nitrogen and oxygen atoms in total. The molecule has 0 unspecified atom stereocenters. The van der Waals surface area contributed by atoms with E-state index in [-0.39, 0.29) is 24.1 Å². The van der Waals surface area contributed by atoms with Crippen LogP contribution in [0.3, 0.4) is 0 Å². The molecule has 10 heteroatoms. The van der Waals surface area contributed by atoms with Gasteiger partial charge in [0.15, 0.2) is 17.5 Å². The summed E-state index contributed by atoms with van der Waals surface area (Å²) in [5, 5.41) is 3.93. The summed E-state index contributed by atoms with van der Waals surface area (Å²) in [7, 11) is 3.08. The molecule has 0 aliphatic carbocycles. The van der Waals surface area contributed by atoms with E-state index >= 15 is 0 Å². The minimum Gasteiger partial charge on any atom is -0.497 e. The number of anilines is 1. The maximum Gasteiger partial charge on any atom is 0.260 e. The Balaban J connectivity index is 0.962. The van der Waals surface area contributed by atoms with E-state index in [9.17, 15) is 14.0 Å². The average Bonchev–Trinajstić information content (AvgIpc) is 3.11. The Kier molecular flexibility index (Phi) is 12.1. The van der Waals surface area contributed by atoms with Crippen molar-refractivity contribution in [2.45, 2.75) is 44.9 Å². The summed E-state index contributed by atoms with van der Waals surface area (Å²) >= 11 is 5.58. The lowest BCUT2D eigenvalue weighted by molar-refractivity contribution is -0.134. The van der Waals surface area contributed by atoms with Crippen molar-refractivity contribution < 1.29 is 28.2 Å². The average molecular weight is 662 g/mol. The first-order chi connectivity index (χ1) is 22.8. The van der Waals surface area contributed by atoms with E-state index in [1.807, 2.05) is 4.90 Å². The topological polar surface area (TPSA) is 80.3 Å². The molecule has 1 N–H and O–H groups in total. The number of nitrogens with zero attached hydrogens (tertiary/aromatic N) is 2. The van der Waals surface area contributed by atoms with Crippen molar-refractivity contribution >= 4 is 34.7 Å². The van der Waals surface area contributed by atoms with E-state index in [0.717, 1.165) is 63.5 Å². The van der Waals surface area contributed by atoms with Crippen LogP contribution >= 0.6 is 12.2 Å². The van der Waals surface area contributed by atoms with E-state index in [0.29, 0.717) is 39.4 Å². The van der Waals surface area contributed by atoms with Crippen LogP contribution in [0.25, 0.3) is 0 Å². The van der Waals surface area contributed by atoms with Crippen molar-refractivity contribution in [3.8, 4) is 17.2 Å². The smallest absolute Gasteiger partial charge is 0.260 e. The van der Waals surface area contributed by atoms with E-state index in [2.05, 4.69) is 10.2 Å². The van der Waals surface area contributed by atoms with Crippen LogP contribution in [0.5, 0.6) is 17.2 Å². The van der Waals surface area contributed by atoms with Gasteiger partial charge >= 0.3 is 0 Å². The van der Waals surface area contributed by atoms with Gasteiger partial charge in [0, 0.05) is 43.5 Å². The number of carbonyl (C=O) groups excluding carboxylic acids is 2. The number of benzene rings is 3. The Hall–Kier alpha value is -4.18. The molecule has 0 aromatic heterocycles. The summed E-state index contributed by atoms with van der Waals surface area (Å²) in [5.74, 6) is 2.54. The molecule has 5 rings (SSSR count). The number of piperidine rings is 2. The lowest BCUT2D eigenvalue weighted by Crippen LogP contribution is -2.41. The first-order valence-corrected chi connectivity index (χ1v) is 16.8. The molecule has 0 atom stereocenters. The number of ether oxygens (including phenoxy) is 3. The van der Waals surface area contributed by atoms with Gasteiger partial charge in [0.25, 0.3) is 5.91 Å². The van der Waals surface area contributed by atoms with E-state index in [1.165, 1.54) is 38.5 Å². The largest absolute Gasteiger partial charge is 0.497 e. The molecule has 2 aliphatic rings. The van der Waals surface area contributed by atoms with Gasteiger partial charge in [0.2, 0.25) is 0 Å². The van der Waals surface area contributed by atoms with Gasteiger partial charge in [-0.25, -0.2) is 4.39 Å². The fourth-order valence-electron chi connectivity index (χ4n) is 6.41. The third-order valence-corrected chi connectivity index (χ3v) is 9.68. The highest BCUT2D eigenvalue weighted by Crippen LogP contribution is 2.29. The number of likely N-dealkylation sites (tertiary alicyclic amines) is 2. The van der Waals surface area contributed by atoms with Crippen LogP contribution in [-0.2, 0) is 4.79 Å². The summed E-state index contributed by atoms with van der Waals surface area (Å²) in [6, 6.07) is 18.2. The number of nitrogens with one attached hydrogen (secondary N) is 1. The quantitative estimate of drug-likeness (QED) is 0.165. The van der Waals surface area contributed by atoms with Gasteiger partial charge in [-0.3, -0.25) is 9.59 Å². The molecule has 1 amide bonds. The van der Waals surface area contributed by atoms with Crippen LogP contribution in [0.4, 0.5) is 10.1 Å². The molecular formula is C37H44FN3O5S. The van der Waals surface area contributed by atoms with Gasteiger partial charge in [-0.05, 0) is 110 Å². The van der Waals surface area contributed by atoms with Crippen LogP contribution in [0.2, 0.25) is 0 Å². The third kappa shape index (κ3) is 9.44. The van der Waals surface area contributed by atoms with Crippen LogP contribution in [-0.4, -0.2) is 73.6 Å².